The molecule has 0 atom stereocenters. The van der Waals surface area contributed by atoms with Crippen molar-refractivity contribution in [2.75, 3.05) is 27.2 Å². The second-order valence-corrected chi connectivity index (χ2v) is 3.19. The minimum absolute atomic E-state index is 0.265. The number of rotatable bonds is 4. The molecule has 0 aliphatic carbocycles. The van der Waals surface area contributed by atoms with E-state index in [0.717, 1.165) is 12.1 Å². The maximum atomic E-state index is 12.3. The van der Waals surface area contributed by atoms with Gasteiger partial charge in [0.15, 0.2) is 0 Å². The first-order valence-corrected chi connectivity index (χ1v) is 4.89. The predicted octanol–water partition coefficient (Wildman–Crippen LogP) is -0.113. The third kappa shape index (κ3) is 6.07. The van der Waals surface area contributed by atoms with Crippen LogP contribution in [0.15, 0.2) is 4.99 Å². The summed E-state index contributed by atoms with van der Waals surface area (Å²) >= 11 is 0. The smallest absolute Gasteiger partial charge is 0.320 e. The summed E-state index contributed by atoms with van der Waals surface area (Å²) in [5.74, 6) is 3.61. The summed E-state index contributed by atoms with van der Waals surface area (Å²) < 4.78 is 36.9. The Morgan fingerprint density at radius 3 is 2.47 bits per heavy atom. The summed E-state index contributed by atoms with van der Waals surface area (Å²) in [4.78, 5) is 3.02. The van der Waals surface area contributed by atoms with Gasteiger partial charge in [0.25, 0.3) is 0 Å². The molecule has 0 amide bonds. The van der Waals surface area contributed by atoms with E-state index in [0.29, 0.717) is 13.0 Å². The highest BCUT2D eigenvalue weighted by atomic mass is 19.4. The average molecular weight is 254 g/mol. The maximum absolute atomic E-state index is 12.3. The summed E-state index contributed by atoms with van der Waals surface area (Å²) in [6.45, 7) is 0.927. The molecule has 0 rings (SSSR count). The van der Waals surface area contributed by atoms with Gasteiger partial charge in [0.2, 0.25) is 11.8 Å². The van der Waals surface area contributed by atoms with Crippen molar-refractivity contribution in [3.63, 3.8) is 0 Å². The second kappa shape index (κ2) is 7.07. The van der Waals surface area contributed by atoms with Gasteiger partial charge in [-0.15, -0.1) is 0 Å². The van der Waals surface area contributed by atoms with E-state index in [1.54, 1.807) is 7.05 Å². The van der Waals surface area contributed by atoms with Crippen LogP contribution in [0, 0.1) is 5.41 Å². The molecule has 0 aromatic carbocycles. The lowest BCUT2D eigenvalue weighted by Crippen LogP contribution is -2.51. The molecule has 0 aromatic heterocycles. The van der Waals surface area contributed by atoms with Crippen LogP contribution in [0.2, 0.25) is 0 Å². The quantitative estimate of drug-likeness (QED) is 0.185. The van der Waals surface area contributed by atoms with Crippen LogP contribution in [0.3, 0.4) is 0 Å². The maximum Gasteiger partial charge on any atom is 0.449 e. The summed E-state index contributed by atoms with van der Waals surface area (Å²) in [5, 5.41) is 12.9. The van der Waals surface area contributed by atoms with E-state index in [9.17, 15) is 13.2 Å². The van der Waals surface area contributed by atoms with Crippen molar-refractivity contribution in [3.8, 4) is 0 Å². The van der Waals surface area contributed by atoms with Gasteiger partial charge in [-0.3, -0.25) is 15.4 Å². The number of halogens is 3. The molecule has 0 heterocycles. The first-order valence-electron chi connectivity index (χ1n) is 4.89. The van der Waals surface area contributed by atoms with Crippen molar-refractivity contribution in [1.29, 1.82) is 5.41 Å². The lowest BCUT2D eigenvalue weighted by atomic mass is 10.4. The molecule has 0 unspecified atom stereocenters. The Morgan fingerprint density at radius 2 is 2.06 bits per heavy atom. The Labute approximate surface area is 97.5 Å². The molecule has 17 heavy (non-hydrogen) atoms. The zero-order chi connectivity index (χ0) is 13.5. The van der Waals surface area contributed by atoms with E-state index >= 15 is 0 Å². The van der Waals surface area contributed by atoms with E-state index in [4.69, 9.17) is 11.3 Å². The molecule has 0 bridgehead atoms. The van der Waals surface area contributed by atoms with E-state index in [2.05, 4.69) is 10.3 Å². The van der Waals surface area contributed by atoms with E-state index < -0.39 is 18.0 Å². The van der Waals surface area contributed by atoms with Crippen molar-refractivity contribution < 1.29 is 13.2 Å². The van der Waals surface area contributed by atoms with Crippen molar-refractivity contribution >= 4 is 11.8 Å². The van der Waals surface area contributed by atoms with Gasteiger partial charge in [-0.25, -0.2) is 5.84 Å². The third-order valence-electron chi connectivity index (χ3n) is 1.84. The van der Waals surface area contributed by atoms with Crippen LogP contribution < -0.4 is 16.5 Å². The van der Waals surface area contributed by atoms with Crippen molar-refractivity contribution in [3.05, 3.63) is 0 Å². The number of hydrogen-bond donors (Lipinski definition) is 4. The average Bonchev–Trinajstić information content (AvgIpc) is 2.23. The minimum Gasteiger partial charge on any atom is -0.320 e. The number of alkyl halides is 3. The molecule has 5 N–H and O–H groups in total. The van der Waals surface area contributed by atoms with Gasteiger partial charge in [-0.05, 0) is 20.0 Å². The van der Waals surface area contributed by atoms with Gasteiger partial charge in [0.05, 0.1) is 0 Å². The molecular formula is C8H17F3N6. The van der Waals surface area contributed by atoms with E-state index in [-0.39, 0.29) is 6.54 Å². The Kier molecular flexibility index (Phi) is 6.51. The molecular weight excluding hydrogens is 237 g/mol. The number of hydrazine groups is 1. The largest absolute Gasteiger partial charge is 0.449 e. The van der Waals surface area contributed by atoms with Gasteiger partial charge in [-0.1, -0.05) is 0 Å². The van der Waals surface area contributed by atoms with Crippen LogP contribution in [0.1, 0.15) is 6.42 Å². The third-order valence-corrected chi connectivity index (χ3v) is 1.84. The molecule has 9 heteroatoms. The second-order valence-electron chi connectivity index (χ2n) is 3.19. The lowest BCUT2D eigenvalue weighted by molar-refractivity contribution is -0.0611. The highest BCUT2D eigenvalue weighted by molar-refractivity contribution is 6.01. The van der Waals surface area contributed by atoms with Crippen molar-refractivity contribution in [2.45, 2.75) is 12.6 Å². The molecule has 100 valence electrons. The number of nitrogens with zero attached hydrogens (tertiary/aromatic N) is 2. The van der Waals surface area contributed by atoms with Gasteiger partial charge in [0.1, 0.15) is 0 Å². The van der Waals surface area contributed by atoms with Gasteiger partial charge in [0, 0.05) is 13.6 Å². The zero-order valence-electron chi connectivity index (χ0n) is 9.73. The number of amidine groups is 1. The molecule has 0 saturated carbocycles. The van der Waals surface area contributed by atoms with Crippen LogP contribution in [0.25, 0.3) is 0 Å². The number of guanidine groups is 1. The standard InChI is InChI=1S/C8H17F3N6/c1-14-4-3-5-17(13)7(12)16-6(15-2)8(9,10)11/h14H,3-5,13H2,1-2H3,(H2,12,15,16). The Morgan fingerprint density at radius 1 is 1.47 bits per heavy atom. The topological polar surface area (TPSA) is 89.5 Å². The SMILES string of the molecule is CN=C(NC(=N)N(N)CCCNC)C(F)(F)F. The minimum atomic E-state index is -4.62. The fourth-order valence-corrected chi connectivity index (χ4v) is 0.975. The highest BCUT2D eigenvalue weighted by Gasteiger charge is 2.36. The molecule has 0 aromatic rings. The van der Waals surface area contributed by atoms with Crippen LogP contribution in [-0.2, 0) is 0 Å². The van der Waals surface area contributed by atoms with E-state index in [1.165, 1.54) is 0 Å². The van der Waals surface area contributed by atoms with Crippen LogP contribution in [0.4, 0.5) is 13.2 Å². The van der Waals surface area contributed by atoms with Crippen molar-refractivity contribution in [1.82, 2.24) is 15.6 Å². The zero-order valence-corrected chi connectivity index (χ0v) is 9.73. The molecule has 0 radical (unpaired) electrons. The number of aliphatic imine (C=N–C) groups is 1. The Hall–Kier alpha value is -1.35. The summed E-state index contributed by atoms with van der Waals surface area (Å²) in [7, 11) is 2.74. The van der Waals surface area contributed by atoms with Gasteiger partial charge >= 0.3 is 6.18 Å². The van der Waals surface area contributed by atoms with Crippen LogP contribution in [0.5, 0.6) is 0 Å². The molecule has 0 spiro atoms. The monoisotopic (exact) mass is 254 g/mol. The van der Waals surface area contributed by atoms with Crippen molar-refractivity contribution in [2.24, 2.45) is 10.8 Å². The number of nitrogens with one attached hydrogen (secondary N) is 3. The normalized spacial score (nSPS) is 12.5. The predicted molar refractivity (Wildman–Crippen MR) is 59.7 cm³/mol. The molecule has 6 nitrogen and oxygen atoms in total. The fourth-order valence-electron chi connectivity index (χ4n) is 0.975. The number of nitrogens with two attached hydrogens (primary N) is 1. The van der Waals surface area contributed by atoms with Gasteiger partial charge < -0.3 is 10.6 Å². The van der Waals surface area contributed by atoms with E-state index in [1.807, 2.05) is 5.32 Å². The first kappa shape index (κ1) is 15.7. The Balaban J connectivity index is 4.24. The molecule has 0 fully saturated rings. The van der Waals surface area contributed by atoms with Crippen LogP contribution >= 0.6 is 0 Å². The Bertz CT molecular complexity index is 275. The van der Waals surface area contributed by atoms with Crippen LogP contribution in [-0.4, -0.2) is 50.2 Å². The highest BCUT2D eigenvalue weighted by Crippen LogP contribution is 2.15. The van der Waals surface area contributed by atoms with Gasteiger partial charge in [-0.2, -0.15) is 13.2 Å². The summed E-state index contributed by atoms with van der Waals surface area (Å²) in [6.07, 6.45) is -4.01. The lowest BCUT2D eigenvalue weighted by Gasteiger charge is -2.21. The summed E-state index contributed by atoms with van der Waals surface area (Å²) in [6, 6.07) is 0. The number of hydrogen-bond acceptors (Lipinski definition) is 4. The fraction of sp³-hybridized carbons (Fsp3) is 0.750. The molecule has 0 aliphatic heterocycles. The molecule has 0 saturated heterocycles. The first-order chi connectivity index (χ1) is 7.82. The summed E-state index contributed by atoms with van der Waals surface area (Å²) in [5.41, 5.74) is 0. The molecule has 0 aliphatic rings.